The minimum absolute atomic E-state index is 0.0231. The molecular formula is C21H25N5O2S. The van der Waals surface area contributed by atoms with Gasteiger partial charge in [-0.25, -0.2) is 0 Å². The summed E-state index contributed by atoms with van der Waals surface area (Å²) in [5.74, 6) is 0.284. The molecule has 0 radical (unpaired) electrons. The van der Waals surface area contributed by atoms with Crippen LogP contribution in [0.5, 0.6) is 0 Å². The second-order valence-electron chi connectivity index (χ2n) is 7.89. The molecule has 8 heteroatoms. The van der Waals surface area contributed by atoms with Crippen LogP contribution in [-0.2, 0) is 16.7 Å². The van der Waals surface area contributed by atoms with E-state index >= 15 is 0 Å². The summed E-state index contributed by atoms with van der Waals surface area (Å²) in [6.07, 6.45) is 7.55. The lowest BCUT2D eigenvalue weighted by Gasteiger charge is -2.15. The van der Waals surface area contributed by atoms with Crippen LogP contribution in [-0.4, -0.2) is 34.5 Å². The Balaban J connectivity index is 2.11. The number of thiazole rings is 1. The Morgan fingerprint density at radius 2 is 2.21 bits per heavy atom. The minimum Gasteiger partial charge on any atom is -0.411 e. The molecule has 1 aromatic carbocycles. The van der Waals surface area contributed by atoms with E-state index in [9.17, 15) is 5.26 Å². The summed E-state index contributed by atoms with van der Waals surface area (Å²) in [6, 6.07) is 7.25. The maximum Gasteiger partial charge on any atom is 0.207 e. The average molecular weight is 412 g/mol. The smallest absolute Gasteiger partial charge is 0.207 e. The van der Waals surface area contributed by atoms with Crippen LogP contribution >= 0.6 is 11.3 Å². The Morgan fingerprint density at radius 1 is 1.41 bits per heavy atom. The molecule has 1 atom stereocenters. The fourth-order valence-corrected chi connectivity index (χ4v) is 4.17. The zero-order chi connectivity index (χ0) is 20.9. The van der Waals surface area contributed by atoms with E-state index in [-0.39, 0.29) is 17.4 Å². The van der Waals surface area contributed by atoms with Gasteiger partial charge >= 0.3 is 0 Å². The monoisotopic (exact) mass is 411 g/mol. The summed E-state index contributed by atoms with van der Waals surface area (Å²) >= 11 is 1.59. The number of nitriles is 1. The van der Waals surface area contributed by atoms with E-state index in [2.05, 4.69) is 41.7 Å². The van der Waals surface area contributed by atoms with Gasteiger partial charge in [-0.2, -0.15) is 15.2 Å². The molecule has 0 saturated carbocycles. The van der Waals surface area contributed by atoms with Gasteiger partial charge in [0, 0.05) is 28.8 Å². The van der Waals surface area contributed by atoms with Crippen LogP contribution in [0.15, 0.2) is 45.6 Å². The van der Waals surface area contributed by atoms with Crippen molar-refractivity contribution in [3.63, 3.8) is 0 Å². The number of hydrogen-bond acceptors (Lipinski definition) is 6. The Kier molecular flexibility index (Phi) is 6.62. The van der Waals surface area contributed by atoms with Crippen molar-refractivity contribution in [2.45, 2.75) is 51.7 Å². The van der Waals surface area contributed by atoms with Crippen molar-refractivity contribution in [1.29, 1.82) is 5.26 Å². The van der Waals surface area contributed by atoms with Crippen LogP contribution in [0.4, 0.5) is 0 Å². The van der Waals surface area contributed by atoms with Crippen molar-refractivity contribution >= 4 is 23.4 Å². The maximum absolute atomic E-state index is 9.23. The number of amidine groups is 1. The molecule has 1 fully saturated rings. The van der Waals surface area contributed by atoms with Crippen molar-refractivity contribution in [1.82, 2.24) is 4.57 Å². The van der Waals surface area contributed by atoms with Crippen LogP contribution in [0, 0.1) is 11.5 Å². The van der Waals surface area contributed by atoms with Gasteiger partial charge in [-0.1, -0.05) is 50.2 Å². The summed E-state index contributed by atoms with van der Waals surface area (Å²) in [5.41, 5.74) is 1.23. The first kappa shape index (κ1) is 21.0. The highest BCUT2D eigenvalue weighted by molar-refractivity contribution is 7.09. The Labute approximate surface area is 174 Å². The molecule has 1 N–H and O–H groups in total. The van der Waals surface area contributed by atoms with Gasteiger partial charge in [-0.3, -0.25) is 0 Å². The molecular weight excluding hydrogens is 386 g/mol. The van der Waals surface area contributed by atoms with Gasteiger partial charge in [0.15, 0.2) is 10.6 Å². The molecule has 3 rings (SSSR count). The molecule has 7 nitrogen and oxygen atoms in total. The van der Waals surface area contributed by atoms with E-state index in [1.165, 1.54) is 11.1 Å². The predicted molar refractivity (Wildman–Crippen MR) is 114 cm³/mol. The number of hydrogen-bond donors (Lipinski definition) is 1. The van der Waals surface area contributed by atoms with Gasteiger partial charge in [0.25, 0.3) is 0 Å². The van der Waals surface area contributed by atoms with Gasteiger partial charge in [0.1, 0.15) is 0 Å². The largest absolute Gasteiger partial charge is 0.411 e. The van der Waals surface area contributed by atoms with Gasteiger partial charge in [-0.05, 0) is 18.3 Å². The second kappa shape index (κ2) is 9.16. The molecule has 0 amide bonds. The summed E-state index contributed by atoms with van der Waals surface area (Å²) in [5, 5.41) is 21.3. The van der Waals surface area contributed by atoms with Crippen LogP contribution in [0.2, 0.25) is 0 Å². The summed E-state index contributed by atoms with van der Waals surface area (Å²) in [7, 11) is 0. The number of aromatic nitrogens is 1. The van der Waals surface area contributed by atoms with Crippen molar-refractivity contribution in [2.75, 3.05) is 6.61 Å². The first-order chi connectivity index (χ1) is 13.9. The third kappa shape index (κ3) is 5.19. The Morgan fingerprint density at radius 3 is 2.86 bits per heavy atom. The van der Waals surface area contributed by atoms with Gasteiger partial charge in [0.2, 0.25) is 6.19 Å². The zero-order valence-electron chi connectivity index (χ0n) is 16.9. The highest BCUT2D eigenvalue weighted by Gasteiger charge is 2.21. The molecule has 1 aromatic heterocycles. The maximum atomic E-state index is 9.23. The van der Waals surface area contributed by atoms with Crippen LogP contribution in [0.25, 0.3) is 0 Å². The average Bonchev–Trinajstić information content (AvgIpc) is 3.33. The molecule has 0 spiro atoms. The van der Waals surface area contributed by atoms with E-state index < -0.39 is 0 Å². The number of ether oxygens (including phenoxy) is 1. The molecule has 1 aliphatic rings. The summed E-state index contributed by atoms with van der Waals surface area (Å²) < 4.78 is 7.90. The van der Waals surface area contributed by atoms with Gasteiger partial charge in [0.05, 0.1) is 18.9 Å². The molecule has 1 aliphatic heterocycles. The molecule has 2 aromatic rings. The zero-order valence-corrected chi connectivity index (χ0v) is 17.7. The van der Waals surface area contributed by atoms with Crippen molar-refractivity contribution < 1.29 is 9.94 Å². The first-order valence-electron chi connectivity index (χ1n) is 9.53. The summed E-state index contributed by atoms with van der Waals surface area (Å²) in [6.45, 7) is 8.00. The minimum atomic E-state index is -0.0231. The van der Waals surface area contributed by atoms with Crippen molar-refractivity contribution in [3.8, 4) is 6.19 Å². The fraction of sp³-hybridized carbons (Fsp3) is 0.429. The van der Waals surface area contributed by atoms with Gasteiger partial charge in [-0.15, -0.1) is 11.3 Å². The quantitative estimate of drug-likeness (QED) is 0.273. The number of rotatable bonds is 4. The summed E-state index contributed by atoms with van der Waals surface area (Å²) in [4.78, 5) is 10.6. The second-order valence-corrected chi connectivity index (χ2v) is 8.90. The molecule has 2 heterocycles. The Bertz CT molecular complexity index is 1010. The lowest BCUT2D eigenvalue weighted by atomic mass is 9.95. The predicted octanol–water partition coefficient (Wildman–Crippen LogP) is 3.66. The Hall–Kier alpha value is -2.76. The highest BCUT2D eigenvalue weighted by Crippen LogP contribution is 2.25. The topological polar surface area (TPSA) is 95.3 Å². The molecule has 0 aliphatic carbocycles. The number of oxime groups is 1. The van der Waals surface area contributed by atoms with E-state index in [4.69, 9.17) is 14.9 Å². The molecule has 0 unspecified atom stereocenters. The molecule has 29 heavy (non-hydrogen) atoms. The standard InChI is InChI=1S/C21H25N5O2S/c1-21(2,3)18-13-26(12-16-8-6-10-28-16)20(29-18)25-19(23-14-22)17-9-5-4-7-15(17)11-24-27/h4-5,7,9,11,13,16,27H,6,8,10,12H2,1-3H3/b23-19?,24-11+,25-20?/t16-/m1/s1. The van der Waals surface area contributed by atoms with E-state index in [1.54, 1.807) is 23.5 Å². The van der Waals surface area contributed by atoms with E-state index in [0.29, 0.717) is 17.7 Å². The highest BCUT2D eigenvalue weighted by atomic mass is 32.1. The molecule has 1 saturated heterocycles. The fourth-order valence-electron chi connectivity index (χ4n) is 3.11. The molecule has 152 valence electrons. The lowest BCUT2D eigenvalue weighted by molar-refractivity contribution is 0.0963. The van der Waals surface area contributed by atoms with Crippen LogP contribution in [0.1, 0.15) is 49.6 Å². The van der Waals surface area contributed by atoms with Crippen LogP contribution in [0.3, 0.4) is 0 Å². The SMILES string of the molecule is CC(C)(C)c1cn(C[C@H]2CCCO2)c(=NC(=NC#N)c2ccccc2/C=N/O)s1. The first-order valence-corrected chi connectivity index (χ1v) is 10.3. The van der Waals surface area contributed by atoms with Crippen LogP contribution < -0.4 is 4.80 Å². The van der Waals surface area contributed by atoms with E-state index in [0.717, 1.165) is 24.2 Å². The molecule has 0 bridgehead atoms. The number of nitrogens with zero attached hydrogens (tertiary/aromatic N) is 5. The van der Waals surface area contributed by atoms with Crippen molar-refractivity contribution in [3.05, 3.63) is 51.3 Å². The third-order valence-electron chi connectivity index (χ3n) is 4.64. The van der Waals surface area contributed by atoms with E-state index in [1.807, 2.05) is 18.3 Å². The third-order valence-corrected chi connectivity index (χ3v) is 6.09. The lowest BCUT2D eigenvalue weighted by Crippen LogP contribution is -2.24. The number of benzene rings is 1. The normalized spacial score (nSPS) is 18.5. The number of aliphatic imine (C=N–C) groups is 1. The van der Waals surface area contributed by atoms with Gasteiger partial charge < -0.3 is 14.5 Å². The van der Waals surface area contributed by atoms with Crippen molar-refractivity contribution in [2.24, 2.45) is 15.1 Å².